The molecule has 4 nitrogen and oxygen atoms in total. The molecule has 1 aromatic carbocycles. The summed E-state index contributed by atoms with van der Waals surface area (Å²) >= 11 is 1.99. The predicted molar refractivity (Wildman–Crippen MR) is 67.1 cm³/mol. The normalized spacial score (nSPS) is 10.8. The summed E-state index contributed by atoms with van der Waals surface area (Å²) in [5.74, 6) is 0. The van der Waals surface area contributed by atoms with Crippen molar-refractivity contribution in [2.24, 2.45) is 0 Å². The standard InChI is InChI=1S/C9H9IN2O2S/c1-6-3-9(12-15(2,13)14)8(10)4-7(6)5-11/h3-4,12H,1-2H3. The van der Waals surface area contributed by atoms with Crippen LogP contribution in [0.5, 0.6) is 0 Å². The quantitative estimate of drug-likeness (QED) is 0.838. The van der Waals surface area contributed by atoms with Crippen molar-refractivity contribution >= 4 is 38.3 Å². The Morgan fingerprint density at radius 1 is 1.47 bits per heavy atom. The van der Waals surface area contributed by atoms with Crippen LogP contribution in [0.15, 0.2) is 12.1 Å². The molecule has 1 rings (SSSR count). The lowest BCUT2D eigenvalue weighted by atomic mass is 10.1. The lowest BCUT2D eigenvalue weighted by Crippen LogP contribution is -2.11. The molecule has 0 aliphatic carbocycles. The van der Waals surface area contributed by atoms with Crippen LogP contribution < -0.4 is 4.72 Å². The lowest BCUT2D eigenvalue weighted by molar-refractivity contribution is 0.607. The third-order valence-electron chi connectivity index (χ3n) is 1.73. The van der Waals surface area contributed by atoms with Crippen molar-refractivity contribution in [2.75, 3.05) is 11.0 Å². The Hall–Kier alpha value is -0.810. The molecule has 0 spiro atoms. The molecule has 1 N–H and O–H groups in total. The van der Waals surface area contributed by atoms with Crippen molar-refractivity contribution in [3.05, 3.63) is 26.8 Å². The van der Waals surface area contributed by atoms with Crippen LogP contribution in [0.25, 0.3) is 0 Å². The number of nitrogens with one attached hydrogen (secondary N) is 1. The molecule has 0 unspecified atom stereocenters. The number of halogens is 1. The van der Waals surface area contributed by atoms with Gasteiger partial charge in [0.1, 0.15) is 0 Å². The van der Waals surface area contributed by atoms with Crippen LogP contribution in [0.1, 0.15) is 11.1 Å². The first-order chi connectivity index (χ1) is 6.83. The highest BCUT2D eigenvalue weighted by Gasteiger charge is 2.08. The molecule has 0 atom stereocenters. The summed E-state index contributed by atoms with van der Waals surface area (Å²) in [7, 11) is -3.27. The van der Waals surface area contributed by atoms with Gasteiger partial charge in [0.2, 0.25) is 10.0 Å². The van der Waals surface area contributed by atoms with Crippen LogP contribution in [-0.4, -0.2) is 14.7 Å². The molecule has 0 aromatic heterocycles. The van der Waals surface area contributed by atoms with Gasteiger partial charge in [-0.1, -0.05) is 0 Å². The van der Waals surface area contributed by atoms with E-state index in [1.165, 1.54) is 0 Å². The van der Waals surface area contributed by atoms with Gasteiger partial charge in [0.05, 0.1) is 23.6 Å². The SMILES string of the molecule is Cc1cc(NS(C)(=O)=O)c(I)cc1C#N. The monoisotopic (exact) mass is 336 g/mol. The number of hydrogen-bond acceptors (Lipinski definition) is 3. The average Bonchev–Trinajstić information content (AvgIpc) is 2.08. The van der Waals surface area contributed by atoms with E-state index in [-0.39, 0.29) is 0 Å². The van der Waals surface area contributed by atoms with Crippen molar-refractivity contribution in [3.63, 3.8) is 0 Å². The molecule has 0 amide bonds. The van der Waals surface area contributed by atoms with Gasteiger partial charge in [0, 0.05) is 3.57 Å². The van der Waals surface area contributed by atoms with Crippen molar-refractivity contribution in [2.45, 2.75) is 6.92 Å². The van der Waals surface area contributed by atoms with Gasteiger partial charge in [-0.05, 0) is 47.2 Å². The maximum Gasteiger partial charge on any atom is 0.229 e. The second kappa shape index (κ2) is 4.37. The van der Waals surface area contributed by atoms with Crippen molar-refractivity contribution in [1.29, 1.82) is 5.26 Å². The van der Waals surface area contributed by atoms with E-state index in [9.17, 15) is 8.42 Å². The average molecular weight is 336 g/mol. The number of hydrogen-bond donors (Lipinski definition) is 1. The Bertz CT molecular complexity index is 532. The molecule has 0 aliphatic rings. The number of nitriles is 1. The molecule has 0 fully saturated rings. The number of aryl methyl sites for hydroxylation is 1. The molecule has 0 saturated carbocycles. The van der Waals surface area contributed by atoms with Gasteiger partial charge in [-0.25, -0.2) is 8.42 Å². The van der Waals surface area contributed by atoms with Gasteiger partial charge in [-0.2, -0.15) is 5.26 Å². The highest BCUT2D eigenvalue weighted by atomic mass is 127. The van der Waals surface area contributed by atoms with Crippen LogP contribution in [0.4, 0.5) is 5.69 Å². The lowest BCUT2D eigenvalue weighted by Gasteiger charge is -2.08. The third kappa shape index (κ3) is 3.35. The summed E-state index contributed by atoms with van der Waals surface area (Å²) in [4.78, 5) is 0. The fourth-order valence-corrected chi connectivity index (χ4v) is 2.43. The van der Waals surface area contributed by atoms with Crippen molar-refractivity contribution in [3.8, 4) is 6.07 Å². The Kier molecular flexibility index (Phi) is 3.57. The van der Waals surface area contributed by atoms with E-state index < -0.39 is 10.0 Å². The van der Waals surface area contributed by atoms with E-state index in [0.29, 0.717) is 14.8 Å². The van der Waals surface area contributed by atoms with Crippen LogP contribution >= 0.6 is 22.6 Å². The van der Waals surface area contributed by atoms with Crippen LogP contribution in [0.3, 0.4) is 0 Å². The second-order valence-electron chi connectivity index (χ2n) is 3.13. The van der Waals surface area contributed by atoms with E-state index in [1.807, 2.05) is 28.7 Å². The minimum atomic E-state index is -3.27. The molecular weight excluding hydrogens is 327 g/mol. The molecule has 0 radical (unpaired) electrons. The zero-order valence-corrected chi connectivity index (χ0v) is 11.2. The topological polar surface area (TPSA) is 70.0 Å². The molecular formula is C9H9IN2O2S. The third-order valence-corrected chi connectivity index (χ3v) is 3.21. The van der Waals surface area contributed by atoms with E-state index in [0.717, 1.165) is 11.8 Å². The summed E-state index contributed by atoms with van der Waals surface area (Å²) < 4.78 is 25.2. The Labute approximate surface area is 102 Å². The fourth-order valence-electron chi connectivity index (χ4n) is 1.08. The minimum Gasteiger partial charge on any atom is -0.283 e. The predicted octanol–water partition coefficient (Wildman–Crippen LogP) is 1.84. The van der Waals surface area contributed by atoms with Crippen LogP contribution in [0.2, 0.25) is 0 Å². The van der Waals surface area contributed by atoms with Crippen LogP contribution in [0, 0.1) is 21.8 Å². The first kappa shape index (κ1) is 12.3. The van der Waals surface area contributed by atoms with E-state index in [1.54, 1.807) is 19.1 Å². The largest absolute Gasteiger partial charge is 0.283 e. The molecule has 15 heavy (non-hydrogen) atoms. The van der Waals surface area contributed by atoms with E-state index in [4.69, 9.17) is 5.26 Å². The van der Waals surface area contributed by atoms with Gasteiger partial charge in [0.25, 0.3) is 0 Å². The van der Waals surface area contributed by atoms with E-state index >= 15 is 0 Å². The molecule has 1 aromatic rings. The number of sulfonamides is 1. The second-order valence-corrected chi connectivity index (χ2v) is 6.04. The van der Waals surface area contributed by atoms with Gasteiger partial charge < -0.3 is 0 Å². The minimum absolute atomic E-state index is 0.509. The fraction of sp³-hybridized carbons (Fsp3) is 0.222. The highest BCUT2D eigenvalue weighted by Crippen LogP contribution is 2.23. The molecule has 0 aliphatic heterocycles. The Morgan fingerprint density at radius 3 is 2.53 bits per heavy atom. The highest BCUT2D eigenvalue weighted by molar-refractivity contribution is 14.1. The van der Waals surface area contributed by atoms with Crippen molar-refractivity contribution in [1.82, 2.24) is 0 Å². The number of anilines is 1. The summed E-state index contributed by atoms with van der Waals surface area (Å²) in [6.07, 6.45) is 1.09. The van der Waals surface area contributed by atoms with Gasteiger partial charge in [0.15, 0.2) is 0 Å². The molecule has 6 heteroatoms. The zero-order valence-electron chi connectivity index (χ0n) is 8.20. The van der Waals surface area contributed by atoms with Crippen LogP contribution in [-0.2, 0) is 10.0 Å². The van der Waals surface area contributed by atoms with E-state index in [2.05, 4.69) is 4.72 Å². The summed E-state index contributed by atoms with van der Waals surface area (Å²) in [6, 6.07) is 5.35. The van der Waals surface area contributed by atoms with Gasteiger partial charge in [-0.3, -0.25) is 4.72 Å². The molecule has 0 saturated heterocycles. The first-order valence-corrected chi connectivity index (χ1v) is 6.98. The number of benzene rings is 1. The molecule has 80 valence electrons. The molecule has 0 heterocycles. The van der Waals surface area contributed by atoms with Gasteiger partial charge >= 0.3 is 0 Å². The zero-order chi connectivity index (χ0) is 11.6. The smallest absolute Gasteiger partial charge is 0.229 e. The first-order valence-electron chi connectivity index (χ1n) is 4.01. The maximum atomic E-state index is 11.0. The number of nitrogens with zero attached hydrogens (tertiary/aromatic N) is 1. The molecule has 0 bridgehead atoms. The summed E-state index contributed by atoms with van der Waals surface area (Å²) in [5, 5.41) is 8.77. The Balaban J connectivity index is 3.24. The van der Waals surface area contributed by atoms with Gasteiger partial charge in [-0.15, -0.1) is 0 Å². The Morgan fingerprint density at radius 2 is 2.07 bits per heavy atom. The number of rotatable bonds is 2. The summed E-state index contributed by atoms with van der Waals surface area (Å²) in [6.45, 7) is 1.77. The summed E-state index contributed by atoms with van der Waals surface area (Å²) in [5.41, 5.74) is 1.82. The van der Waals surface area contributed by atoms with Crippen molar-refractivity contribution < 1.29 is 8.42 Å². The maximum absolute atomic E-state index is 11.0.